The second kappa shape index (κ2) is 4.35. The molecule has 4 heteroatoms. The average molecular weight is 258 g/mol. The summed E-state index contributed by atoms with van der Waals surface area (Å²) in [5.41, 5.74) is 3.14. The minimum atomic E-state index is 0.736. The van der Waals surface area contributed by atoms with Gasteiger partial charge in [0, 0.05) is 40.4 Å². The molecule has 0 amide bonds. The fourth-order valence-corrected chi connectivity index (χ4v) is 2.13. The van der Waals surface area contributed by atoms with Crippen LogP contribution >= 0.6 is 11.6 Å². The van der Waals surface area contributed by atoms with Crippen LogP contribution < -0.4 is 5.32 Å². The third-order valence-electron chi connectivity index (χ3n) is 2.92. The Morgan fingerprint density at radius 3 is 2.78 bits per heavy atom. The molecule has 0 spiro atoms. The summed E-state index contributed by atoms with van der Waals surface area (Å²) >= 11 is 5.97. The zero-order valence-corrected chi connectivity index (χ0v) is 10.6. The third kappa shape index (κ3) is 1.93. The van der Waals surface area contributed by atoms with Gasteiger partial charge in [-0.25, -0.2) is 4.98 Å². The molecule has 0 unspecified atom stereocenters. The summed E-state index contributed by atoms with van der Waals surface area (Å²) in [6.07, 6.45) is 1.85. The molecule has 2 N–H and O–H groups in total. The number of nitrogens with one attached hydrogen (secondary N) is 2. The molecule has 0 fully saturated rings. The van der Waals surface area contributed by atoms with E-state index in [2.05, 4.69) is 21.4 Å². The summed E-state index contributed by atoms with van der Waals surface area (Å²) in [6.45, 7) is 0. The highest BCUT2D eigenvalue weighted by molar-refractivity contribution is 6.31. The van der Waals surface area contributed by atoms with Crippen molar-refractivity contribution < 1.29 is 0 Å². The van der Waals surface area contributed by atoms with E-state index in [1.165, 1.54) is 0 Å². The fraction of sp³-hybridized carbons (Fsp3) is 0.0714. The number of hydrogen-bond donors (Lipinski definition) is 2. The molecule has 18 heavy (non-hydrogen) atoms. The lowest BCUT2D eigenvalue weighted by Crippen LogP contribution is -1.91. The Labute approximate surface area is 110 Å². The first kappa shape index (κ1) is 11.1. The molecule has 3 nitrogen and oxygen atoms in total. The first-order chi connectivity index (χ1) is 8.76. The number of benzene rings is 1. The van der Waals surface area contributed by atoms with Crippen LogP contribution in [0.25, 0.3) is 22.2 Å². The Balaban J connectivity index is 2.07. The minimum absolute atomic E-state index is 0.736. The Morgan fingerprint density at radius 2 is 2.06 bits per heavy atom. The molecule has 0 atom stereocenters. The highest BCUT2D eigenvalue weighted by atomic mass is 35.5. The molecule has 0 saturated carbocycles. The first-order valence-electron chi connectivity index (χ1n) is 5.69. The smallest absolute Gasteiger partial charge is 0.125 e. The monoisotopic (exact) mass is 257 g/mol. The van der Waals surface area contributed by atoms with Crippen LogP contribution in [0.15, 0.2) is 42.6 Å². The number of hydrogen-bond acceptors (Lipinski definition) is 2. The predicted molar refractivity (Wildman–Crippen MR) is 76.1 cm³/mol. The molecule has 0 radical (unpaired) electrons. The molecule has 0 saturated heterocycles. The van der Waals surface area contributed by atoms with Crippen molar-refractivity contribution in [3.8, 4) is 11.3 Å². The summed E-state index contributed by atoms with van der Waals surface area (Å²) in [6, 6.07) is 11.9. The second-order valence-electron chi connectivity index (χ2n) is 4.10. The van der Waals surface area contributed by atoms with Gasteiger partial charge >= 0.3 is 0 Å². The van der Waals surface area contributed by atoms with Gasteiger partial charge in [-0.2, -0.15) is 0 Å². The van der Waals surface area contributed by atoms with Crippen molar-refractivity contribution in [2.24, 2.45) is 0 Å². The summed E-state index contributed by atoms with van der Waals surface area (Å²) in [5, 5.41) is 4.88. The molecular formula is C14H12ClN3. The summed E-state index contributed by atoms with van der Waals surface area (Å²) in [5.74, 6) is 0.859. The van der Waals surface area contributed by atoms with E-state index in [9.17, 15) is 0 Å². The third-order valence-corrected chi connectivity index (χ3v) is 3.15. The standard InChI is InChI=1S/C14H12ClN3/c1-16-14-5-3-10(8-17-14)12-6-9-2-4-11(15)7-13(9)18-12/h2-8,18H,1H3,(H,16,17). The number of pyridine rings is 1. The summed E-state index contributed by atoms with van der Waals surface area (Å²) in [4.78, 5) is 7.65. The lowest BCUT2D eigenvalue weighted by atomic mass is 10.2. The predicted octanol–water partition coefficient (Wildman–Crippen LogP) is 3.93. The van der Waals surface area contributed by atoms with Gasteiger partial charge < -0.3 is 10.3 Å². The lowest BCUT2D eigenvalue weighted by Gasteiger charge is -2.00. The van der Waals surface area contributed by atoms with Gasteiger partial charge in [-0.1, -0.05) is 17.7 Å². The van der Waals surface area contributed by atoms with Crippen molar-refractivity contribution in [1.29, 1.82) is 0 Å². The molecule has 1 aromatic carbocycles. The number of nitrogens with zero attached hydrogens (tertiary/aromatic N) is 1. The van der Waals surface area contributed by atoms with Gasteiger partial charge in [0.05, 0.1) is 0 Å². The quantitative estimate of drug-likeness (QED) is 0.730. The normalized spacial score (nSPS) is 10.8. The Bertz CT molecular complexity index is 686. The van der Waals surface area contributed by atoms with Crippen LogP contribution in [0.1, 0.15) is 0 Å². The summed E-state index contributed by atoms with van der Waals surface area (Å²) in [7, 11) is 1.85. The van der Waals surface area contributed by atoms with Gasteiger partial charge in [0.15, 0.2) is 0 Å². The van der Waals surface area contributed by atoms with Crippen molar-refractivity contribution in [2.75, 3.05) is 12.4 Å². The fourth-order valence-electron chi connectivity index (χ4n) is 1.96. The van der Waals surface area contributed by atoms with Crippen LogP contribution in [0.5, 0.6) is 0 Å². The van der Waals surface area contributed by atoms with E-state index in [4.69, 9.17) is 11.6 Å². The molecule has 0 bridgehead atoms. The van der Waals surface area contributed by atoms with Gasteiger partial charge in [-0.05, 0) is 30.3 Å². The Kier molecular flexibility index (Phi) is 2.68. The van der Waals surface area contributed by atoms with E-state index in [-0.39, 0.29) is 0 Å². The minimum Gasteiger partial charge on any atom is -0.373 e. The van der Waals surface area contributed by atoms with E-state index >= 15 is 0 Å². The molecular weight excluding hydrogens is 246 g/mol. The molecule has 2 aromatic heterocycles. The number of anilines is 1. The van der Waals surface area contributed by atoms with Crippen molar-refractivity contribution in [2.45, 2.75) is 0 Å². The number of rotatable bonds is 2. The van der Waals surface area contributed by atoms with E-state index in [0.29, 0.717) is 0 Å². The number of aromatic amines is 1. The largest absolute Gasteiger partial charge is 0.373 e. The number of H-pyrrole nitrogens is 1. The maximum Gasteiger partial charge on any atom is 0.125 e. The zero-order chi connectivity index (χ0) is 12.5. The molecule has 3 aromatic rings. The van der Waals surface area contributed by atoms with Gasteiger partial charge in [0.1, 0.15) is 5.82 Å². The second-order valence-corrected chi connectivity index (χ2v) is 4.53. The zero-order valence-electron chi connectivity index (χ0n) is 9.87. The van der Waals surface area contributed by atoms with Gasteiger partial charge in [0.25, 0.3) is 0 Å². The van der Waals surface area contributed by atoms with Crippen LogP contribution in [0, 0.1) is 0 Å². The molecule has 3 rings (SSSR count). The van der Waals surface area contributed by atoms with Crippen LogP contribution in [-0.2, 0) is 0 Å². The van der Waals surface area contributed by atoms with Crippen LogP contribution in [0.2, 0.25) is 5.02 Å². The van der Waals surface area contributed by atoms with E-state index in [0.717, 1.165) is 33.0 Å². The molecule has 2 heterocycles. The summed E-state index contributed by atoms with van der Waals surface area (Å²) < 4.78 is 0. The highest BCUT2D eigenvalue weighted by Gasteiger charge is 2.04. The molecule has 0 aliphatic rings. The van der Waals surface area contributed by atoms with Gasteiger partial charge in [-0.3, -0.25) is 0 Å². The lowest BCUT2D eigenvalue weighted by molar-refractivity contribution is 1.28. The molecule has 0 aliphatic heterocycles. The molecule has 0 aliphatic carbocycles. The SMILES string of the molecule is CNc1ccc(-c2cc3ccc(Cl)cc3[nH]2)cn1. The Morgan fingerprint density at radius 1 is 1.17 bits per heavy atom. The topological polar surface area (TPSA) is 40.7 Å². The van der Waals surface area contributed by atoms with Gasteiger partial charge in [0.2, 0.25) is 0 Å². The van der Waals surface area contributed by atoms with Gasteiger partial charge in [-0.15, -0.1) is 0 Å². The van der Waals surface area contributed by atoms with Crippen LogP contribution in [0.3, 0.4) is 0 Å². The number of aromatic nitrogens is 2. The molecule has 90 valence electrons. The average Bonchev–Trinajstić information content (AvgIpc) is 2.81. The first-order valence-corrected chi connectivity index (χ1v) is 6.06. The van der Waals surface area contributed by atoms with Crippen LogP contribution in [-0.4, -0.2) is 17.0 Å². The number of halogens is 1. The van der Waals surface area contributed by atoms with E-state index in [1.54, 1.807) is 0 Å². The van der Waals surface area contributed by atoms with Crippen molar-refractivity contribution >= 4 is 28.3 Å². The van der Waals surface area contributed by atoms with Crippen molar-refractivity contribution in [1.82, 2.24) is 9.97 Å². The highest BCUT2D eigenvalue weighted by Crippen LogP contribution is 2.26. The van der Waals surface area contributed by atoms with E-state index in [1.807, 2.05) is 43.6 Å². The Hall–Kier alpha value is -2.00. The number of fused-ring (bicyclic) bond motifs is 1. The maximum atomic E-state index is 5.97. The van der Waals surface area contributed by atoms with Crippen molar-refractivity contribution in [3.05, 3.63) is 47.6 Å². The van der Waals surface area contributed by atoms with E-state index < -0.39 is 0 Å². The van der Waals surface area contributed by atoms with Crippen LogP contribution in [0.4, 0.5) is 5.82 Å². The maximum absolute atomic E-state index is 5.97. The van der Waals surface area contributed by atoms with Crippen molar-refractivity contribution in [3.63, 3.8) is 0 Å².